The summed E-state index contributed by atoms with van der Waals surface area (Å²) in [5, 5.41) is 2.84. The Morgan fingerprint density at radius 2 is 1.92 bits per heavy atom. The van der Waals surface area contributed by atoms with Gasteiger partial charge in [-0.25, -0.2) is 8.42 Å². The van der Waals surface area contributed by atoms with Crippen molar-refractivity contribution >= 4 is 27.3 Å². The van der Waals surface area contributed by atoms with Gasteiger partial charge < -0.3 is 5.32 Å². The highest BCUT2D eigenvalue weighted by molar-refractivity contribution is 7.92. The third-order valence-electron chi connectivity index (χ3n) is 4.19. The summed E-state index contributed by atoms with van der Waals surface area (Å²) in [7, 11) is -3.31. The van der Waals surface area contributed by atoms with Crippen LogP contribution in [0.4, 0.5) is 11.4 Å². The number of hydrogen-bond acceptors (Lipinski definition) is 3. The molecule has 0 saturated carbocycles. The van der Waals surface area contributed by atoms with Crippen molar-refractivity contribution in [3.63, 3.8) is 0 Å². The van der Waals surface area contributed by atoms with Gasteiger partial charge in [-0.3, -0.25) is 9.10 Å². The van der Waals surface area contributed by atoms with Crippen LogP contribution in [-0.4, -0.2) is 26.1 Å². The Kier molecular flexibility index (Phi) is 4.32. The summed E-state index contributed by atoms with van der Waals surface area (Å²) in [6.07, 6.45) is 0.612. The number of benzene rings is 2. The van der Waals surface area contributed by atoms with Crippen molar-refractivity contribution in [2.24, 2.45) is 0 Å². The summed E-state index contributed by atoms with van der Waals surface area (Å²) < 4.78 is 26.0. The van der Waals surface area contributed by atoms with Gasteiger partial charge in [0.15, 0.2) is 0 Å². The first-order valence-corrected chi connectivity index (χ1v) is 9.54. The number of nitrogens with one attached hydrogen (secondary N) is 1. The van der Waals surface area contributed by atoms with Gasteiger partial charge in [0.05, 0.1) is 11.4 Å². The Hall–Kier alpha value is -2.34. The standard InChI is InChI=1S/C18H20N2O3S/c1-3-24(22,23)20-13(2)11-15-12-14(9-10-17(15)20)18(21)19-16-7-5-4-6-8-16/h4-10,12-13H,3,11H2,1-2H3,(H,19,21)/t13-/m1/s1. The molecule has 126 valence electrons. The van der Waals surface area contributed by atoms with Gasteiger partial charge in [-0.05, 0) is 56.2 Å². The van der Waals surface area contributed by atoms with Crippen molar-refractivity contribution in [3.05, 3.63) is 59.7 Å². The van der Waals surface area contributed by atoms with E-state index in [-0.39, 0.29) is 17.7 Å². The zero-order valence-corrected chi connectivity index (χ0v) is 14.5. The van der Waals surface area contributed by atoms with Crippen LogP contribution in [0.15, 0.2) is 48.5 Å². The van der Waals surface area contributed by atoms with Crippen molar-refractivity contribution in [3.8, 4) is 0 Å². The predicted molar refractivity (Wildman–Crippen MR) is 95.9 cm³/mol. The van der Waals surface area contributed by atoms with E-state index < -0.39 is 10.0 Å². The van der Waals surface area contributed by atoms with E-state index in [1.54, 1.807) is 25.1 Å². The third kappa shape index (κ3) is 3.01. The Bertz CT molecular complexity index is 863. The molecule has 1 aliphatic rings. The van der Waals surface area contributed by atoms with E-state index >= 15 is 0 Å². The Morgan fingerprint density at radius 3 is 2.58 bits per heavy atom. The van der Waals surface area contributed by atoms with Crippen molar-refractivity contribution in [2.45, 2.75) is 26.3 Å². The van der Waals surface area contributed by atoms with Gasteiger partial charge in [0.25, 0.3) is 5.91 Å². The molecule has 1 atom stereocenters. The minimum Gasteiger partial charge on any atom is -0.322 e. The highest BCUT2D eigenvalue weighted by Crippen LogP contribution is 2.35. The van der Waals surface area contributed by atoms with Crippen LogP contribution in [0.5, 0.6) is 0 Å². The maximum atomic E-state index is 12.4. The van der Waals surface area contributed by atoms with Crippen LogP contribution in [0.3, 0.4) is 0 Å². The van der Waals surface area contributed by atoms with E-state index in [1.165, 1.54) is 4.31 Å². The molecule has 0 fully saturated rings. The van der Waals surface area contributed by atoms with E-state index in [0.717, 1.165) is 11.3 Å². The first-order valence-electron chi connectivity index (χ1n) is 7.94. The molecule has 24 heavy (non-hydrogen) atoms. The minimum atomic E-state index is -3.31. The topological polar surface area (TPSA) is 66.5 Å². The number of anilines is 2. The molecule has 0 spiro atoms. The Balaban J connectivity index is 1.88. The summed E-state index contributed by atoms with van der Waals surface area (Å²) in [4.78, 5) is 12.4. The minimum absolute atomic E-state index is 0.0625. The summed E-state index contributed by atoms with van der Waals surface area (Å²) >= 11 is 0. The molecule has 0 saturated heterocycles. The quantitative estimate of drug-likeness (QED) is 0.927. The molecule has 2 aromatic carbocycles. The zero-order chi connectivity index (χ0) is 17.3. The molecular formula is C18H20N2O3S. The molecule has 1 aliphatic heterocycles. The van der Waals surface area contributed by atoms with Gasteiger partial charge in [-0.2, -0.15) is 0 Å². The number of sulfonamides is 1. The molecular weight excluding hydrogens is 324 g/mol. The molecule has 0 unspecified atom stereocenters. The fourth-order valence-electron chi connectivity index (χ4n) is 3.03. The van der Waals surface area contributed by atoms with Crippen LogP contribution in [-0.2, 0) is 16.4 Å². The van der Waals surface area contributed by atoms with Crippen molar-refractivity contribution in [1.29, 1.82) is 0 Å². The van der Waals surface area contributed by atoms with Gasteiger partial charge in [0, 0.05) is 17.3 Å². The number of fused-ring (bicyclic) bond motifs is 1. The largest absolute Gasteiger partial charge is 0.322 e. The highest BCUT2D eigenvalue weighted by Gasteiger charge is 2.34. The van der Waals surface area contributed by atoms with Gasteiger partial charge in [-0.15, -0.1) is 0 Å². The number of nitrogens with zero attached hydrogens (tertiary/aromatic N) is 1. The fourth-order valence-corrected chi connectivity index (χ4v) is 4.41. The lowest BCUT2D eigenvalue weighted by molar-refractivity contribution is 0.102. The van der Waals surface area contributed by atoms with Gasteiger partial charge in [0.2, 0.25) is 10.0 Å². The van der Waals surface area contributed by atoms with E-state index in [4.69, 9.17) is 0 Å². The van der Waals surface area contributed by atoms with Crippen LogP contribution in [0, 0.1) is 0 Å². The average molecular weight is 344 g/mol. The summed E-state index contributed by atoms with van der Waals surface area (Å²) in [6, 6.07) is 14.3. The SMILES string of the molecule is CCS(=O)(=O)N1c2ccc(C(=O)Nc3ccccc3)cc2C[C@H]1C. The van der Waals surface area contributed by atoms with Crippen LogP contribution < -0.4 is 9.62 Å². The number of para-hydroxylation sites is 1. The van der Waals surface area contributed by atoms with E-state index in [1.807, 2.05) is 37.3 Å². The van der Waals surface area contributed by atoms with Crippen LogP contribution in [0.2, 0.25) is 0 Å². The zero-order valence-electron chi connectivity index (χ0n) is 13.7. The predicted octanol–water partition coefficient (Wildman–Crippen LogP) is 3.04. The van der Waals surface area contributed by atoms with E-state index in [0.29, 0.717) is 17.7 Å². The smallest absolute Gasteiger partial charge is 0.255 e. The summed E-state index contributed by atoms with van der Waals surface area (Å²) in [5.41, 5.74) is 2.83. The van der Waals surface area contributed by atoms with Gasteiger partial charge in [-0.1, -0.05) is 18.2 Å². The normalized spacial score (nSPS) is 16.8. The maximum Gasteiger partial charge on any atom is 0.255 e. The second-order valence-electron chi connectivity index (χ2n) is 5.91. The molecule has 0 aromatic heterocycles. The van der Waals surface area contributed by atoms with E-state index in [2.05, 4.69) is 5.32 Å². The number of hydrogen-bond donors (Lipinski definition) is 1. The number of rotatable bonds is 4. The Morgan fingerprint density at radius 1 is 1.21 bits per heavy atom. The lowest BCUT2D eigenvalue weighted by atomic mass is 10.1. The maximum absolute atomic E-state index is 12.4. The molecule has 0 radical (unpaired) electrons. The van der Waals surface area contributed by atoms with Gasteiger partial charge in [0.1, 0.15) is 0 Å². The molecule has 2 aromatic rings. The van der Waals surface area contributed by atoms with Crippen molar-refractivity contribution < 1.29 is 13.2 Å². The molecule has 6 heteroatoms. The van der Waals surface area contributed by atoms with Crippen LogP contribution in [0.1, 0.15) is 29.8 Å². The Labute approximate surface area is 142 Å². The van der Waals surface area contributed by atoms with Crippen LogP contribution in [0.25, 0.3) is 0 Å². The van der Waals surface area contributed by atoms with Crippen LogP contribution >= 0.6 is 0 Å². The first-order chi connectivity index (χ1) is 11.4. The molecule has 5 nitrogen and oxygen atoms in total. The average Bonchev–Trinajstić information content (AvgIpc) is 2.91. The lowest BCUT2D eigenvalue weighted by Crippen LogP contribution is -2.36. The monoisotopic (exact) mass is 344 g/mol. The highest BCUT2D eigenvalue weighted by atomic mass is 32.2. The second-order valence-corrected chi connectivity index (χ2v) is 8.05. The summed E-state index contributed by atoms with van der Waals surface area (Å²) in [5.74, 6) is -0.138. The molecule has 0 bridgehead atoms. The number of carbonyl (C=O) groups excluding carboxylic acids is 1. The summed E-state index contributed by atoms with van der Waals surface area (Å²) in [6.45, 7) is 3.53. The molecule has 1 amide bonds. The third-order valence-corrected chi connectivity index (χ3v) is 6.08. The second kappa shape index (κ2) is 6.28. The number of amides is 1. The van der Waals surface area contributed by atoms with Crippen molar-refractivity contribution in [1.82, 2.24) is 0 Å². The lowest BCUT2D eigenvalue weighted by Gasteiger charge is -2.23. The molecule has 3 rings (SSSR count). The molecule has 0 aliphatic carbocycles. The fraction of sp³-hybridized carbons (Fsp3) is 0.278. The van der Waals surface area contributed by atoms with Crippen molar-refractivity contribution in [2.75, 3.05) is 15.4 Å². The molecule has 1 heterocycles. The number of carbonyl (C=O) groups is 1. The van der Waals surface area contributed by atoms with Gasteiger partial charge >= 0.3 is 0 Å². The molecule has 1 N–H and O–H groups in total. The first kappa shape index (κ1) is 16.5. The van der Waals surface area contributed by atoms with E-state index in [9.17, 15) is 13.2 Å².